The molecule has 1 N–H and O–H groups in total. The van der Waals surface area contributed by atoms with Crippen LogP contribution in [0.4, 0.5) is 26.3 Å². The van der Waals surface area contributed by atoms with Gasteiger partial charge in [0.25, 0.3) is 0 Å². The lowest BCUT2D eigenvalue weighted by molar-refractivity contribution is -0.143. The monoisotopic (exact) mass is 454 g/mol. The summed E-state index contributed by atoms with van der Waals surface area (Å²) in [6.07, 6.45) is -10.5. The number of hydrogen-bond donors (Lipinski definition) is 1. The predicted molar refractivity (Wildman–Crippen MR) is 104 cm³/mol. The fourth-order valence-electron chi connectivity index (χ4n) is 3.05. The van der Waals surface area contributed by atoms with Crippen LogP contribution in [0.1, 0.15) is 22.3 Å². The van der Waals surface area contributed by atoms with E-state index in [0.717, 1.165) is 5.56 Å². The first kappa shape index (κ1) is 23.2. The van der Waals surface area contributed by atoms with Gasteiger partial charge in [-0.05, 0) is 52.6 Å². The third-order valence-corrected chi connectivity index (χ3v) is 4.49. The van der Waals surface area contributed by atoms with Gasteiger partial charge in [0, 0.05) is 0 Å². The van der Waals surface area contributed by atoms with Crippen molar-refractivity contribution in [1.82, 2.24) is 0 Å². The largest absolute Gasteiger partial charge is 0.489 e. The highest BCUT2D eigenvalue weighted by atomic mass is 19.4. The molecule has 0 radical (unpaired) electrons. The van der Waals surface area contributed by atoms with Crippen LogP contribution >= 0.6 is 0 Å². The summed E-state index contributed by atoms with van der Waals surface area (Å²) in [5, 5.41) is 9.09. The van der Waals surface area contributed by atoms with Crippen LogP contribution in [0.3, 0.4) is 0 Å². The van der Waals surface area contributed by atoms with Crippen LogP contribution in [-0.2, 0) is 30.2 Å². The van der Waals surface area contributed by atoms with Gasteiger partial charge in [0.15, 0.2) is 0 Å². The molecule has 0 fully saturated rings. The molecule has 3 aromatic carbocycles. The predicted octanol–water partition coefficient (Wildman–Crippen LogP) is 6.60. The molecule has 0 saturated heterocycles. The number of benzene rings is 3. The highest BCUT2D eigenvalue weighted by molar-refractivity contribution is 5.73. The second kappa shape index (κ2) is 8.94. The van der Waals surface area contributed by atoms with Crippen molar-refractivity contribution in [3.63, 3.8) is 0 Å². The zero-order valence-corrected chi connectivity index (χ0v) is 16.3. The maximum Gasteiger partial charge on any atom is 0.416 e. The third-order valence-electron chi connectivity index (χ3n) is 4.49. The number of ether oxygens (including phenoxy) is 1. The van der Waals surface area contributed by atoms with Crippen molar-refractivity contribution in [2.24, 2.45) is 0 Å². The van der Waals surface area contributed by atoms with Crippen LogP contribution in [0.15, 0.2) is 66.7 Å². The fourth-order valence-corrected chi connectivity index (χ4v) is 3.05. The van der Waals surface area contributed by atoms with Crippen molar-refractivity contribution >= 4 is 5.97 Å². The minimum Gasteiger partial charge on any atom is -0.489 e. The van der Waals surface area contributed by atoms with E-state index >= 15 is 0 Å². The van der Waals surface area contributed by atoms with E-state index in [9.17, 15) is 31.1 Å². The van der Waals surface area contributed by atoms with Crippen LogP contribution in [0.25, 0.3) is 11.1 Å². The number of alkyl halides is 6. The van der Waals surface area contributed by atoms with Gasteiger partial charge in [-0.15, -0.1) is 0 Å². The molecule has 168 valence electrons. The van der Waals surface area contributed by atoms with Crippen LogP contribution < -0.4 is 4.74 Å². The molecule has 3 aromatic rings. The molecule has 0 aliphatic heterocycles. The van der Waals surface area contributed by atoms with E-state index in [4.69, 9.17) is 9.84 Å². The summed E-state index contributed by atoms with van der Waals surface area (Å²) in [4.78, 5) is 11.1. The Hall–Kier alpha value is -3.49. The lowest BCUT2D eigenvalue weighted by Gasteiger charge is -2.16. The summed E-state index contributed by atoms with van der Waals surface area (Å²) in [6.45, 7) is 0.0766. The molecule has 32 heavy (non-hydrogen) atoms. The lowest BCUT2D eigenvalue weighted by Crippen LogP contribution is -2.11. The zero-order chi connectivity index (χ0) is 23.5. The smallest absolute Gasteiger partial charge is 0.416 e. The maximum atomic E-state index is 13.2. The van der Waals surface area contributed by atoms with Crippen molar-refractivity contribution in [3.05, 3.63) is 89.0 Å². The minimum atomic E-state index is -5.00. The second-order valence-electron chi connectivity index (χ2n) is 7.00. The van der Waals surface area contributed by atoms with Crippen LogP contribution in [-0.4, -0.2) is 11.1 Å². The first-order valence-corrected chi connectivity index (χ1v) is 9.24. The molecule has 0 bridgehead atoms. The number of carboxylic acid groups (broad SMARTS) is 1. The number of hydrogen-bond acceptors (Lipinski definition) is 2. The summed E-state index contributed by atoms with van der Waals surface area (Å²) >= 11 is 0. The van der Waals surface area contributed by atoms with E-state index in [2.05, 4.69) is 0 Å². The van der Waals surface area contributed by atoms with E-state index in [1.165, 1.54) is 18.2 Å². The van der Waals surface area contributed by atoms with Gasteiger partial charge in [-0.25, -0.2) is 0 Å². The molecule has 0 spiro atoms. The standard InChI is InChI=1S/C23H16F6O3/c24-22(25,26)18-9-17(10-19(12-18)23(27,28)29)16-6-15(8-21(30)31)7-20(11-16)32-13-14-4-2-1-3-5-14/h1-7,9-12H,8,13H2,(H,30,31). The van der Waals surface area contributed by atoms with Gasteiger partial charge in [0.1, 0.15) is 12.4 Å². The van der Waals surface area contributed by atoms with Gasteiger partial charge in [-0.3, -0.25) is 4.79 Å². The molecule has 0 aliphatic rings. The van der Waals surface area contributed by atoms with Gasteiger partial charge in [-0.2, -0.15) is 26.3 Å². The second-order valence-corrected chi connectivity index (χ2v) is 7.00. The summed E-state index contributed by atoms with van der Waals surface area (Å²) in [6, 6.07) is 14.0. The Morgan fingerprint density at radius 3 is 1.84 bits per heavy atom. The van der Waals surface area contributed by atoms with Crippen molar-refractivity contribution in [2.45, 2.75) is 25.4 Å². The van der Waals surface area contributed by atoms with Crippen molar-refractivity contribution < 1.29 is 41.0 Å². The Labute approximate surface area is 178 Å². The van der Waals surface area contributed by atoms with Crippen molar-refractivity contribution in [1.29, 1.82) is 0 Å². The van der Waals surface area contributed by atoms with Crippen LogP contribution in [0, 0.1) is 0 Å². The van der Waals surface area contributed by atoms with E-state index in [-0.39, 0.29) is 35.1 Å². The number of aliphatic carboxylic acids is 1. The molecule has 0 atom stereocenters. The molecule has 0 unspecified atom stereocenters. The van der Waals surface area contributed by atoms with Gasteiger partial charge in [-0.1, -0.05) is 36.4 Å². The summed E-state index contributed by atoms with van der Waals surface area (Å²) in [5.74, 6) is -1.09. The van der Waals surface area contributed by atoms with E-state index in [1.807, 2.05) is 0 Å². The highest BCUT2D eigenvalue weighted by Gasteiger charge is 2.37. The number of halogens is 6. The van der Waals surface area contributed by atoms with E-state index < -0.39 is 35.9 Å². The van der Waals surface area contributed by atoms with Crippen LogP contribution in [0.2, 0.25) is 0 Å². The summed E-state index contributed by atoms with van der Waals surface area (Å²) in [7, 11) is 0. The number of carbonyl (C=O) groups is 1. The van der Waals surface area contributed by atoms with Crippen molar-refractivity contribution in [2.75, 3.05) is 0 Å². The lowest BCUT2D eigenvalue weighted by atomic mass is 9.96. The quantitative estimate of drug-likeness (QED) is 0.427. The van der Waals surface area contributed by atoms with E-state index in [1.54, 1.807) is 30.3 Å². The Morgan fingerprint density at radius 2 is 1.31 bits per heavy atom. The Bertz CT molecular complexity index is 1070. The summed E-state index contributed by atoms with van der Waals surface area (Å²) in [5.41, 5.74) is -2.36. The molecular formula is C23H16F6O3. The average molecular weight is 454 g/mol. The Morgan fingerprint density at radius 1 is 0.750 bits per heavy atom. The average Bonchev–Trinajstić information content (AvgIpc) is 2.71. The molecule has 0 aromatic heterocycles. The highest BCUT2D eigenvalue weighted by Crippen LogP contribution is 2.39. The molecule has 0 amide bonds. The normalized spacial score (nSPS) is 11.9. The molecule has 0 saturated carbocycles. The molecule has 0 heterocycles. The van der Waals surface area contributed by atoms with Crippen molar-refractivity contribution in [3.8, 4) is 16.9 Å². The van der Waals surface area contributed by atoms with Gasteiger partial charge >= 0.3 is 18.3 Å². The molecule has 0 aliphatic carbocycles. The first-order valence-electron chi connectivity index (χ1n) is 9.24. The molecule has 3 rings (SSSR count). The summed E-state index contributed by atoms with van der Waals surface area (Å²) < 4.78 is 85.0. The van der Waals surface area contributed by atoms with Gasteiger partial charge in [0.2, 0.25) is 0 Å². The molecule has 3 nitrogen and oxygen atoms in total. The topological polar surface area (TPSA) is 46.5 Å². The molecular weight excluding hydrogens is 438 g/mol. The Kier molecular flexibility index (Phi) is 6.47. The first-order chi connectivity index (χ1) is 14.9. The molecule has 9 heteroatoms. The third kappa shape index (κ3) is 6.03. The number of rotatable bonds is 6. The Balaban J connectivity index is 2.08. The minimum absolute atomic E-state index is 0.0246. The zero-order valence-electron chi connectivity index (χ0n) is 16.3. The fraction of sp³-hybridized carbons (Fsp3) is 0.174. The van der Waals surface area contributed by atoms with Crippen LogP contribution in [0.5, 0.6) is 5.75 Å². The maximum absolute atomic E-state index is 13.2. The number of carboxylic acids is 1. The van der Waals surface area contributed by atoms with Gasteiger partial charge < -0.3 is 9.84 Å². The van der Waals surface area contributed by atoms with E-state index in [0.29, 0.717) is 12.1 Å². The SMILES string of the molecule is O=C(O)Cc1cc(OCc2ccccc2)cc(-c2cc(C(F)(F)F)cc(C(F)(F)F)c2)c1. The van der Waals surface area contributed by atoms with Gasteiger partial charge in [0.05, 0.1) is 17.5 Å².